The van der Waals surface area contributed by atoms with E-state index in [1.807, 2.05) is 10.3 Å². The first-order valence-electron chi connectivity index (χ1n) is 11.7. The number of hydrogen-bond acceptors (Lipinski definition) is 5. The second-order valence-electron chi connectivity index (χ2n) is 8.78. The summed E-state index contributed by atoms with van der Waals surface area (Å²) in [7, 11) is 0. The molecule has 1 aliphatic heterocycles. The second-order valence-corrected chi connectivity index (χ2v) is 9.64. The maximum absolute atomic E-state index is 12.7. The molecule has 0 radical (unpaired) electrons. The van der Waals surface area contributed by atoms with Crippen molar-refractivity contribution in [1.82, 2.24) is 15.2 Å². The van der Waals surface area contributed by atoms with Crippen LogP contribution in [0, 0.1) is 6.92 Å². The Balaban J connectivity index is 1.18. The van der Waals surface area contributed by atoms with Crippen molar-refractivity contribution in [2.75, 3.05) is 36.4 Å². The number of aromatic nitrogens is 1. The largest absolute Gasteiger partial charge is 0.368 e. The highest BCUT2D eigenvalue weighted by molar-refractivity contribution is 7.13. The molecule has 3 amide bonds. The molecule has 1 saturated heterocycles. The maximum Gasteiger partial charge on any atom is 0.321 e. The SMILES string of the molecule is Cc1cccc(N2CCN(C(=O)CCc3csc(NC(=O)NC4CCCCC4)n3)CC2)c1. The van der Waals surface area contributed by atoms with E-state index < -0.39 is 0 Å². The minimum absolute atomic E-state index is 0.173. The zero-order chi connectivity index (χ0) is 22.3. The minimum atomic E-state index is -0.180. The highest BCUT2D eigenvalue weighted by atomic mass is 32.1. The van der Waals surface area contributed by atoms with Gasteiger partial charge in [-0.1, -0.05) is 31.4 Å². The molecule has 7 nitrogen and oxygen atoms in total. The van der Waals surface area contributed by atoms with E-state index in [4.69, 9.17) is 0 Å². The van der Waals surface area contributed by atoms with Gasteiger partial charge in [0.05, 0.1) is 5.69 Å². The van der Waals surface area contributed by atoms with E-state index >= 15 is 0 Å². The van der Waals surface area contributed by atoms with Crippen LogP contribution in [0.2, 0.25) is 0 Å². The summed E-state index contributed by atoms with van der Waals surface area (Å²) in [6.45, 7) is 5.31. The number of thiazole rings is 1. The molecule has 1 aromatic carbocycles. The van der Waals surface area contributed by atoms with E-state index in [0.29, 0.717) is 18.0 Å². The topological polar surface area (TPSA) is 77.6 Å². The van der Waals surface area contributed by atoms with Crippen LogP contribution in [0.3, 0.4) is 0 Å². The fraction of sp³-hybridized carbons (Fsp3) is 0.542. The first-order chi connectivity index (χ1) is 15.6. The number of benzene rings is 1. The van der Waals surface area contributed by atoms with Crippen LogP contribution < -0.4 is 15.5 Å². The van der Waals surface area contributed by atoms with Gasteiger partial charge in [0.1, 0.15) is 0 Å². The quantitative estimate of drug-likeness (QED) is 0.685. The molecule has 4 rings (SSSR count). The Morgan fingerprint density at radius 3 is 2.66 bits per heavy atom. The molecule has 2 heterocycles. The average Bonchev–Trinajstić information content (AvgIpc) is 3.25. The van der Waals surface area contributed by atoms with Crippen molar-refractivity contribution in [1.29, 1.82) is 0 Å². The van der Waals surface area contributed by atoms with Gasteiger partial charge in [0.15, 0.2) is 5.13 Å². The molecule has 172 valence electrons. The van der Waals surface area contributed by atoms with Crippen molar-refractivity contribution in [2.24, 2.45) is 0 Å². The molecule has 0 atom stereocenters. The van der Waals surface area contributed by atoms with Crippen LogP contribution in [0.4, 0.5) is 15.6 Å². The van der Waals surface area contributed by atoms with Gasteiger partial charge in [-0.05, 0) is 43.9 Å². The number of amides is 3. The predicted octanol–water partition coefficient (Wildman–Crippen LogP) is 4.19. The molecular formula is C24H33N5O2S. The molecule has 2 aromatic rings. The lowest BCUT2D eigenvalue weighted by Gasteiger charge is -2.36. The highest BCUT2D eigenvalue weighted by Gasteiger charge is 2.21. The Kier molecular flexibility index (Phi) is 7.63. The van der Waals surface area contributed by atoms with E-state index in [1.165, 1.54) is 41.9 Å². The number of aryl methyl sites for hydroxylation is 2. The van der Waals surface area contributed by atoms with Crippen LogP contribution in [0.1, 0.15) is 49.8 Å². The number of nitrogens with one attached hydrogen (secondary N) is 2. The Labute approximate surface area is 194 Å². The molecule has 0 unspecified atom stereocenters. The Hall–Kier alpha value is -2.61. The lowest BCUT2D eigenvalue weighted by molar-refractivity contribution is -0.131. The summed E-state index contributed by atoms with van der Waals surface area (Å²) in [5, 5.41) is 8.40. The van der Waals surface area contributed by atoms with Crippen LogP contribution in [-0.2, 0) is 11.2 Å². The van der Waals surface area contributed by atoms with Gasteiger partial charge >= 0.3 is 6.03 Å². The molecule has 32 heavy (non-hydrogen) atoms. The van der Waals surface area contributed by atoms with Crippen molar-refractivity contribution >= 4 is 34.1 Å². The average molecular weight is 456 g/mol. The normalized spacial score (nSPS) is 17.3. The third-order valence-electron chi connectivity index (χ3n) is 6.31. The smallest absolute Gasteiger partial charge is 0.321 e. The maximum atomic E-state index is 12.7. The zero-order valence-electron chi connectivity index (χ0n) is 18.8. The number of carbonyl (C=O) groups excluding carboxylic acids is 2. The fourth-order valence-electron chi connectivity index (χ4n) is 4.48. The number of piperazine rings is 1. The highest BCUT2D eigenvalue weighted by Crippen LogP contribution is 2.21. The Bertz CT molecular complexity index is 917. The van der Waals surface area contributed by atoms with Crippen molar-refractivity contribution in [3.05, 3.63) is 40.9 Å². The second kappa shape index (κ2) is 10.8. The monoisotopic (exact) mass is 455 g/mol. The van der Waals surface area contributed by atoms with Gasteiger partial charge in [-0.3, -0.25) is 10.1 Å². The number of hydrogen-bond donors (Lipinski definition) is 2. The predicted molar refractivity (Wildman–Crippen MR) is 129 cm³/mol. The standard InChI is InChI=1S/C24H33N5O2S/c1-18-6-5-9-21(16-18)28-12-14-29(15-13-28)22(30)11-10-20-17-32-24(26-20)27-23(31)25-19-7-3-2-4-8-19/h5-6,9,16-17,19H,2-4,7-8,10-15H2,1H3,(H2,25,26,27,31). The van der Waals surface area contributed by atoms with E-state index in [0.717, 1.165) is 44.7 Å². The summed E-state index contributed by atoms with van der Waals surface area (Å²) in [4.78, 5) is 33.7. The van der Waals surface area contributed by atoms with Gasteiger partial charge in [-0.15, -0.1) is 11.3 Å². The first-order valence-corrected chi connectivity index (χ1v) is 12.6. The molecule has 8 heteroatoms. The summed E-state index contributed by atoms with van der Waals surface area (Å²) < 4.78 is 0. The van der Waals surface area contributed by atoms with Crippen molar-refractivity contribution in [2.45, 2.75) is 57.9 Å². The van der Waals surface area contributed by atoms with Crippen LogP contribution >= 0.6 is 11.3 Å². The van der Waals surface area contributed by atoms with Crippen molar-refractivity contribution in [3.8, 4) is 0 Å². The first kappa shape index (κ1) is 22.6. The van der Waals surface area contributed by atoms with Gasteiger partial charge in [0, 0.05) is 49.7 Å². The fourth-order valence-corrected chi connectivity index (χ4v) is 5.22. The van der Waals surface area contributed by atoms with E-state index in [1.54, 1.807) is 0 Å². The molecule has 1 aliphatic carbocycles. The van der Waals surface area contributed by atoms with Gasteiger partial charge in [0.2, 0.25) is 5.91 Å². The summed E-state index contributed by atoms with van der Waals surface area (Å²) in [5.74, 6) is 0.173. The zero-order valence-corrected chi connectivity index (χ0v) is 19.6. The number of urea groups is 1. The summed E-state index contributed by atoms with van der Waals surface area (Å²) in [5.41, 5.74) is 3.34. The van der Waals surface area contributed by atoms with E-state index in [2.05, 4.69) is 51.7 Å². The summed E-state index contributed by atoms with van der Waals surface area (Å²) in [6, 6.07) is 8.60. The number of anilines is 2. The van der Waals surface area contributed by atoms with Crippen LogP contribution in [0.5, 0.6) is 0 Å². The van der Waals surface area contributed by atoms with Crippen LogP contribution in [-0.4, -0.2) is 54.0 Å². The number of nitrogens with zero attached hydrogens (tertiary/aromatic N) is 3. The summed E-state index contributed by atoms with van der Waals surface area (Å²) >= 11 is 1.41. The van der Waals surface area contributed by atoms with E-state index in [-0.39, 0.29) is 18.0 Å². The van der Waals surface area contributed by atoms with Crippen molar-refractivity contribution < 1.29 is 9.59 Å². The number of carbonyl (C=O) groups is 2. The Morgan fingerprint density at radius 2 is 1.91 bits per heavy atom. The minimum Gasteiger partial charge on any atom is -0.368 e. The van der Waals surface area contributed by atoms with Gasteiger partial charge in [-0.2, -0.15) is 0 Å². The molecule has 2 aliphatic rings. The molecular weight excluding hydrogens is 422 g/mol. The lowest BCUT2D eigenvalue weighted by Crippen LogP contribution is -2.48. The molecule has 2 fully saturated rings. The van der Waals surface area contributed by atoms with Crippen LogP contribution in [0.15, 0.2) is 29.6 Å². The van der Waals surface area contributed by atoms with Crippen LogP contribution in [0.25, 0.3) is 0 Å². The lowest BCUT2D eigenvalue weighted by atomic mass is 9.96. The van der Waals surface area contributed by atoms with Gasteiger partial charge < -0.3 is 15.1 Å². The third kappa shape index (κ3) is 6.22. The molecule has 0 bridgehead atoms. The number of rotatable bonds is 6. The molecule has 1 aromatic heterocycles. The molecule has 1 saturated carbocycles. The van der Waals surface area contributed by atoms with E-state index in [9.17, 15) is 9.59 Å². The van der Waals surface area contributed by atoms with Gasteiger partial charge in [0.25, 0.3) is 0 Å². The van der Waals surface area contributed by atoms with Crippen molar-refractivity contribution in [3.63, 3.8) is 0 Å². The summed E-state index contributed by atoms with van der Waals surface area (Å²) in [6.07, 6.45) is 6.77. The Morgan fingerprint density at radius 1 is 1.12 bits per heavy atom. The molecule has 0 spiro atoms. The molecule has 2 N–H and O–H groups in total. The third-order valence-corrected chi connectivity index (χ3v) is 7.11. The van der Waals surface area contributed by atoms with Gasteiger partial charge in [-0.25, -0.2) is 9.78 Å².